The Hall–Kier alpha value is -3.66. The molecule has 0 aliphatic heterocycles. The van der Waals surface area contributed by atoms with E-state index in [9.17, 15) is 18.0 Å². The summed E-state index contributed by atoms with van der Waals surface area (Å²) in [4.78, 5) is 24.6. The maximum atomic E-state index is 12.7. The van der Waals surface area contributed by atoms with Crippen LogP contribution in [0, 0.1) is 0 Å². The fourth-order valence-electron chi connectivity index (χ4n) is 2.89. The number of benzene rings is 2. The van der Waals surface area contributed by atoms with E-state index < -0.39 is 27.8 Å². The first-order valence-corrected chi connectivity index (χ1v) is 10.7. The molecule has 9 nitrogen and oxygen atoms in total. The number of rotatable bonds is 8. The zero-order valence-electron chi connectivity index (χ0n) is 16.9. The minimum atomic E-state index is -3.92. The smallest absolute Gasteiger partial charge is 0.267 e. The number of sulfone groups is 1. The fourth-order valence-corrected chi connectivity index (χ4v) is 4.10. The van der Waals surface area contributed by atoms with Gasteiger partial charge in [-0.25, -0.2) is 13.1 Å². The molecule has 0 saturated heterocycles. The van der Waals surface area contributed by atoms with Crippen LogP contribution in [-0.2, 0) is 27.7 Å². The van der Waals surface area contributed by atoms with Gasteiger partial charge in [-0.15, -0.1) is 0 Å². The van der Waals surface area contributed by atoms with Crippen LogP contribution in [0.4, 0.5) is 0 Å². The summed E-state index contributed by atoms with van der Waals surface area (Å²) in [7, 11) is -0.919. The molecule has 1 amide bonds. The zero-order chi connectivity index (χ0) is 22.4. The van der Waals surface area contributed by atoms with Crippen LogP contribution in [0.1, 0.15) is 5.56 Å². The Morgan fingerprint density at radius 1 is 1.00 bits per heavy atom. The van der Waals surface area contributed by atoms with Crippen molar-refractivity contribution in [1.82, 2.24) is 15.1 Å². The van der Waals surface area contributed by atoms with Gasteiger partial charge < -0.3 is 14.8 Å². The first kappa shape index (κ1) is 22.0. The molecular formula is C21H21N3O6S. The number of carbonyl (C=O) groups excluding carboxylic acids is 1. The number of para-hydroxylation sites is 1. The number of amides is 1. The quantitative estimate of drug-likeness (QED) is 0.559. The Labute approximate surface area is 179 Å². The van der Waals surface area contributed by atoms with E-state index in [0.717, 1.165) is 16.8 Å². The second-order valence-electron chi connectivity index (χ2n) is 6.41. The number of aromatic nitrogens is 2. The van der Waals surface area contributed by atoms with Crippen LogP contribution in [0.2, 0.25) is 0 Å². The third-order valence-electron chi connectivity index (χ3n) is 4.42. The Bertz CT molecular complexity index is 1240. The molecule has 1 heterocycles. The standard InChI is InChI=1S/C21H21N3O6S/c1-29-17-10-6-7-15(21(17)30-2)13-22-18(25)14-24-20(26)12-11-19(23-24)31(27,28)16-8-4-3-5-9-16/h3-12H,13-14H2,1-2H3,(H,22,25). The summed E-state index contributed by atoms with van der Waals surface area (Å²) in [5.74, 6) is 0.483. The van der Waals surface area contributed by atoms with E-state index in [1.165, 1.54) is 26.4 Å². The Kier molecular flexibility index (Phi) is 6.71. The fraction of sp³-hybridized carbons (Fsp3) is 0.190. The first-order valence-electron chi connectivity index (χ1n) is 9.21. The molecule has 10 heteroatoms. The van der Waals surface area contributed by atoms with E-state index in [-0.39, 0.29) is 16.5 Å². The summed E-state index contributed by atoms with van der Waals surface area (Å²) in [5.41, 5.74) is 0.0806. The summed E-state index contributed by atoms with van der Waals surface area (Å²) in [6, 6.07) is 15.2. The molecule has 0 fully saturated rings. The van der Waals surface area contributed by atoms with E-state index in [4.69, 9.17) is 9.47 Å². The van der Waals surface area contributed by atoms with Crippen molar-refractivity contribution >= 4 is 15.7 Å². The van der Waals surface area contributed by atoms with Crippen LogP contribution in [0.5, 0.6) is 11.5 Å². The highest BCUT2D eigenvalue weighted by atomic mass is 32.2. The predicted molar refractivity (Wildman–Crippen MR) is 112 cm³/mol. The monoisotopic (exact) mass is 443 g/mol. The van der Waals surface area contributed by atoms with Crippen molar-refractivity contribution in [3.05, 3.63) is 76.6 Å². The molecule has 0 aliphatic carbocycles. The highest BCUT2D eigenvalue weighted by molar-refractivity contribution is 7.91. The number of carbonyl (C=O) groups is 1. The molecule has 0 bridgehead atoms. The largest absolute Gasteiger partial charge is 0.493 e. The predicted octanol–water partition coefficient (Wildman–Crippen LogP) is 1.41. The van der Waals surface area contributed by atoms with Crippen LogP contribution in [0.25, 0.3) is 0 Å². The van der Waals surface area contributed by atoms with Crippen LogP contribution in [0.3, 0.4) is 0 Å². The normalized spacial score (nSPS) is 11.0. The van der Waals surface area contributed by atoms with Gasteiger partial charge >= 0.3 is 0 Å². The SMILES string of the molecule is COc1cccc(CNC(=O)Cn2nc(S(=O)(=O)c3ccccc3)ccc2=O)c1OC. The van der Waals surface area contributed by atoms with Gasteiger partial charge in [-0.05, 0) is 24.3 Å². The summed E-state index contributed by atoms with van der Waals surface area (Å²) in [5, 5.41) is 6.24. The number of ether oxygens (including phenoxy) is 2. The summed E-state index contributed by atoms with van der Waals surface area (Å²) >= 11 is 0. The molecule has 1 N–H and O–H groups in total. The maximum absolute atomic E-state index is 12.7. The van der Waals surface area contributed by atoms with Gasteiger partial charge in [0.2, 0.25) is 15.7 Å². The van der Waals surface area contributed by atoms with Gasteiger partial charge in [0.15, 0.2) is 16.5 Å². The van der Waals surface area contributed by atoms with Gasteiger partial charge in [-0.1, -0.05) is 30.3 Å². The molecule has 3 rings (SSSR count). The lowest BCUT2D eigenvalue weighted by Crippen LogP contribution is -2.33. The van der Waals surface area contributed by atoms with Crippen molar-refractivity contribution in [1.29, 1.82) is 0 Å². The van der Waals surface area contributed by atoms with E-state index in [0.29, 0.717) is 17.1 Å². The molecule has 31 heavy (non-hydrogen) atoms. The number of nitrogens with one attached hydrogen (secondary N) is 1. The third-order valence-corrected chi connectivity index (χ3v) is 6.09. The zero-order valence-corrected chi connectivity index (χ0v) is 17.8. The highest BCUT2D eigenvalue weighted by Crippen LogP contribution is 2.30. The Morgan fingerprint density at radius 2 is 1.74 bits per heavy atom. The van der Waals surface area contributed by atoms with Crippen LogP contribution in [0.15, 0.2) is 75.4 Å². The van der Waals surface area contributed by atoms with Crippen LogP contribution in [-0.4, -0.2) is 38.3 Å². The van der Waals surface area contributed by atoms with Crippen molar-refractivity contribution in [3.63, 3.8) is 0 Å². The van der Waals surface area contributed by atoms with Crippen molar-refractivity contribution in [3.8, 4) is 11.5 Å². The highest BCUT2D eigenvalue weighted by Gasteiger charge is 2.20. The second kappa shape index (κ2) is 9.43. The number of hydrogen-bond acceptors (Lipinski definition) is 7. The van der Waals surface area contributed by atoms with Crippen molar-refractivity contribution in [2.24, 2.45) is 0 Å². The molecule has 0 saturated carbocycles. The van der Waals surface area contributed by atoms with Gasteiger partial charge in [-0.3, -0.25) is 9.59 Å². The maximum Gasteiger partial charge on any atom is 0.267 e. The van der Waals surface area contributed by atoms with Gasteiger partial charge in [0.05, 0.1) is 19.1 Å². The topological polar surface area (TPSA) is 117 Å². The summed E-state index contributed by atoms with van der Waals surface area (Å²) < 4.78 is 36.8. The van der Waals surface area contributed by atoms with Gasteiger partial charge in [0.25, 0.3) is 5.56 Å². The van der Waals surface area contributed by atoms with Crippen LogP contribution >= 0.6 is 0 Å². The lowest BCUT2D eigenvalue weighted by Gasteiger charge is -2.13. The molecule has 162 valence electrons. The molecule has 0 atom stereocenters. The number of nitrogens with zero attached hydrogens (tertiary/aromatic N) is 2. The van der Waals surface area contributed by atoms with Crippen molar-refractivity contribution < 1.29 is 22.7 Å². The van der Waals surface area contributed by atoms with Gasteiger partial charge in [0.1, 0.15) is 6.54 Å². The molecule has 3 aromatic rings. The van der Waals surface area contributed by atoms with Crippen LogP contribution < -0.4 is 20.3 Å². The van der Waals surface area contributed by atoms with E-state index in [1.807, 2.05) is 0 Å². The molecule has 2 aromatic carbocycles. The molecule has 0 spiro atoms. The first-order chi connectivity index (χ1) is 14.9. The molecule has 0 aliphatic rings. The van der Waals surface area contributed by atoms with Gasteiger partial charge in [0, 0.05) is 18.2 Å². The lowest BCUT2D eigenvalue weighted by atomic mass is 10.2. The minimum Gasteiger partial charge on any atom is -0.493 e. The summed E-state index contributed by atoms with van der Waals surface area (Å²) in [6.07, 6.45) is 0. The lowest BCUT2D eigenvalue weighted by molar-refractivity contribution is -0.122. The molecule has 1 aromatic heterocycles. The second-order valence-corrected chi connectivity index (χ2v) is 8.31. The Balaban J connectivity index is 1.77. The number of methoxy groups -OCH3 is 2. The summed E-state index contributed by atoms with van der Waals surface area (Å²) in [6.45, 7) is -0.320. The molecule has 0 radical (unpaired) electrons. The Morgan fingerprint density at radius 3 is 2.42 bits per heavy atom. The average Bonchev–Trinajstić information content (AvgIpc) is 2.79. The molecular weight excluding hydrogens is 422 g/mol. The van der Waals surface area contributed by atoms with E-state index in [1.54, 1.807) is 36.4 Å². The number of hydrogen-bond donors (Lipinski definition) is 1. The molecule has 0 unspecified atom stereocenters. The average molecular weight is 443 g/mol. The van der Waals surface area contributed by atoms with E-state index in [2.05, 4.69) is 10.4 Å². The van der Waals surface area contributed by atoms with Gasteiger partial charge in [-0.2, -0.15) is 5.10 Å². The van der Waals surface area contributed by atoms with E-state index >= 15 is 0 Å². The van der Waals surface area contributed by atoms with Crippen molar-refractivity contribution in [2.75, 3.05) is 14.2 Å². The van der Waals surface area contributed by atoms with Crippen molar-refractivity contribution in [2.45, 2.75) is 23.0 Å². The minimum absolute atomic E-state index is 0.0438. The third kappa shape index (κ3) is 4.92.